The second-order valence-electron chi connectivity index (χ2n) is 15.6. The highest BCUT2D eigenvalue weighted by atomic mass is 19.4. The number of hydrogen-bond donors (Lipinski definition) is 3. The largest absolute Gasteiger partial charge is 0.439 e. The first-order chi connectivity index (χ1) is 31.5. The molecule has 2 aliphatic rings. The Morgan fingerprint density at radius 1 is 0.433 bits per heavy atom. The van der Waals surface area contributed by atoms with Gasteiger partial charge < -0.3 is 19.8 Å². The predicted octanol–water partition coefficient (Wildman–Crippen LogP) is 14.9. The number of halogens is 12. The SMILES string of the molecule is CCC1(O)Oc2nc1c(-c1ccc(C(F)(F)F)cc1)c1ccc([nH]1)c(-c1ccc(C(F)(F)F)cc1)c1nc(c(-c3ccc(C(F)(F)F)cc3)c3ccc([nH]3)c2-c2ccc(C(F)(F)F)cc2)C=C1. The second kappa shape index (κ2) is 15.9. The van der Waals surface area contributed by atoms with E-state index in [4.69, 9.17) is 14.7 Å². The maximum absolute atomic E-state index is 13.9. The number of H-pyrrole nitrogens is 2. The van der Waals surface area contributed by atoms with Crippen LogP contribution in [0.3, 0.4) is 0 Å². The van der Waals surface area contributed by atoms with Crippen molar-refractivity contribution >= 4 is 34.2 Å². The van der Waals surface area contributed by atoms with Crippen LogP contribution in [0.1, 0.15) is 52.7 Å². The lowest BCUT2D eigenvalue weighted by atomic mass is 9.97. The molecule has 0 saturated carbocycles. The Hall–Kier alpha value is -7.34. The Labute approximate surface area is 370 Å². The van der Waals surface area contributed by atoms with Crippen LogP contribution >= 0.6 is 0 Å². The highest BCUT2D eigenvalue weighted by molar-refractivity contribution is 5.97. The van der Waals surface area contributed by atoms with Gasteiger partial charge in [-0.1, -0.05) is 55.5 Å². The van der Waals surface area contributed by atoms with Crippen LogP contribution in [0.25, 0.3) is 78.7 Å². The molecule has 0 amide bonds. The lowest BCUT2D eigenvalue weighted by Gasteiger charge is -2.22. The highest BCUT2D eigenvalue weighted by Gasteiger charge is 2.42. The van der Waals surface area contributed by atoms with Gasteiger partial charge in [-0.15, -0.1) is 0 Å². The molecule has 3 N–H and O–H groups in total. The zero-order valence-electron chi connectivity index (χ0n) is 34.2. The molecule has 6 nitrogen and oxygen atoms in total. The van der Waals surface area contributed by atoms with Crippen LogP contribution in [-0.4, -0.2) is 25.0 Å². The Morgan fingerprint density at radius 2 is 0.731 bits per heavy atom. The van der Waals surface area contributed by atoms with Crippen LogP contribution in [-0.2, 0) is 30.5 Å². The van der Waals surface area contributed by atoms with Crippen molar-refractivity contribution in [2.24, 2.45) is 0 Å². The number of benzene rings is 4. The fourth-order valence-electron chi connectivity index (χ4n) is 8.03. The van der Waals surface area contributed by atoms with E-state index >= 15 is 0 Å². The summed E-state index contributed by atoms with van der Waals surface area (Å²) in [6.07, 6.45) is -16.0. The predicted molar refractivity (Wildman–Crippen MR) is 226 cm³/mol. The van der Waals surface area contributed by atoms with Crippen LogP contribution in [0.4, 0.5) is 52.7 Å². The van der Waals surface area contributed by atoms with Gasteiger partial charge in [0.25, 0.3) is 5.79 Å². The Bertz CT molecular complexity index is 3240. The Balaban J connectivity index is 1.46. The van der Waals surface area contributed by atoms with Gasteiger partial charge in [0.1, 0.15) is 5.69 Å². The van der Waals surface area contributed by atoms with Crippen molar-refractivity contribution in [3.05, 3.63) is 161 Å². The summed E-state index contributed by atoms with van der Waals surface area (Å²) in [4.78, 5) is 16.0. The fourth-order valence-corrected chi connectivity index (χ4v) is 8.03. The van der Waals surface area contributed by atoms with E-state index in [2.05, 4.69) is 9.97 Å². The summed E-state index contributed by atoms with van der Waals surface area (Å²) < 4.78 is 172. The third kappa shape index (κ3) is 8.41. The minimum Gasteiger partial charge on any atom is -0.439 e. The summed E-state index contributed by atoms with van der Waals surface area (Å²) in [6, 6.07) is 22.2. The van der Waals surface area contributed by atoms with Gasteiger partial charge in [0, 0.05) is 39.7 Å². The molecule has 1 unspecified atom stereocenters. The summed E-state index contributed by atoms with van der Waals surface area (Å²) in [7, 11) is 0. The van der Waals surface area contributed by atoms with Gasteiger partial charge in [0.2, 0.25) is 5.88 Å². The molecule has 1 atom stereocenters. The van der Waals surface area contributed by atoms with Crippen molar-refractivity contribution in [3.8, 4) is 50.4 Å². The quantitative estimate of drug-likeness (QED) is 0.150. The molecule has 5 heterocycles. The van der Waals surface area contributed by atoms with E-state index in [-0.39, 0.29) is 96.0 Å². The standard InChI is InChI=1S/C49H30F12N4O2/c1-2-45(66)43-41(27-7-15-31(16-8-27)48(56,57)58)37-23-21-35(63-37)39(25-3-11-29(12-4-25)46(50,51)52)33-19-20-34(62-33)40(26-5-13-30(14-6-26)47(53,54)55)36-22-24-38(64-36)42(44(65-43)67-45)28-9-17-32(18-10-28)49(59,60)61/h3-24,63-64,66H,2H2,1H3. The van der Waals surface area contributed by atoms with Crippen LogP contribution in [0.2, 0.25) is 0 Å². The summed E-state index contributed by atoms with van der Waals surface area (Å²) >= 11 is 0. The summed E-state index contributed by atoms with van der Waals surface area (Å²) in [5, 5.41) is 12.4. The summed E-state index contributed by atoms with van der Waals surface area (Å²) in [5.41, 5.74) is -1.97. The molecule has 67 heavy (non-hydrogen) atoms. The molecule has 0 saturated heterocycles. The molecular formula is C49H30F12N4O2. The van der Waals surface area contributed by atoms with Gasteiger partial charge in [0.05, 0.1) is 44.7 Å². The van der Waals surface area contributed by atoms with E-state index in [1.54, 1.807) is 12.2 Å². The molecule has 9 rings (SSSR count). The van der Waals surface area contributed by atoms with Gasteiger partial charge in [-0.25, -0.2) is 9.97 Å². The van der Waals surface area contributed by atoms with Gasteiger partial charge in [0.15, 0.2) is 0 Å². The Morgan fingerprint density at radius 3 is 1.06 bits per heavy atom. The van der Waals surface area contributed by atoms with Crippen molar-refractivity contribution in [3.63, 3.8) is 0 Å². The van der Waals surface area contributed by atoms with Crippen molar-refractivity contribution in [2.75, 3.05) is 0 Å². The average molecular weight is 935 g/mol. The van der Waals surface area contributed by atoms with E-state index in [0.29, 0.717) is 0 Å². The van der Waals surface area contributed by atoms with Crippen molar-refractivity contribution in [1.29, 1.82) is 0 Å². The molecule has 3 aromatic heterocycles. The van der Waals surface area contributed by atoms with E-state index in [0.717, 1.165) is 72.8 Å². The van der Waals surface area contributed by atoms with Crippen LogP contribution < -0.4 is 4.74 Å². The molecule has 8 bridgehead atoms. The van der Waals surface area contributed by atoms with Gasteiger partial charge in [-0.05, 0) is 107 Å². The smallest absolute Gasteiger partial charge is 0.416 e. The number of nitrogens with zero attached hydrogens (tertiary/aromatic N) is 2. The molecule has 18 heteroatoms. The summed E-state index contributed by atoms with van der Waals surface area (Å²) in [5.74, 6) is -2.68. The van der Waals surface area contributed by atoms with E-state index in [1.165, 1.54) is 55.5 Å². The van der Waals surface area contributed by atoms with E-state index in [9.17, 15) is 57.8 Å². The first kappa shape index (κ1) is 44.8. The number of aromatic amines is 2. The van der Waals surface area contributed by atoms with Gasteiger partial charge >= 0.3 is 24.7 Å². The third-order valence-electron chi connectivity index (χ3n) is 11.4. The second-order valence-corrected chi connectivity index (χ2v) is 15.6. The van der Waals surface area contributed by atoms with E-state index in [1.807, 2.05) is 0 Å². The van der Waals surface area contributed by atoms with Crippen LogP contribution in [0, 0.1) is 0 Å². The molecule has 0 spiro atoms. The van der Waals surface area contributed by atoms with Crippen molar-refractivity contribution in [1.82, 2.24) is 19.9 Å². The lowest BCUT2D eigenvalue weighted by Crippen LogP contribution is -2.29. The van der Waals surface area contributed by atoms with Gasteiger partial charge in [-0.3, -0.25) is 0 Å². The number of alkyl halides is 12. The molecular weight excluding hydrogens is 905 g/mol. The number of rotatable bonds is 5. The molecule has 7 aromatic rings. The first-order valence-electron chi connectivity index (χ1n) is 20.1. The minimum absolute atomic E-state index is 0.00809. The number of nitrogens with one attached hydrogen (secondary N) is 2. The zero-order valence-corrected chi connectivity index (χ0v) is 34.2. The molecule has 0 aliphatic carbocycles. The maximum Gasteiger partial charge on any atom is 0.416 e. The van der Waals surface area contributed by atoms with Crippen LogP contribution in [0.15, 0.2) is 121 Å². The Kier molecular flexibility index (Phi) is 10.7. The van der Waals surface area contributed by atoms with Crippen molar-refractivity contribution < 1.29 is 62.5 Å². The fraction of sp³-hybridized carbons (Fsp3) is 0.143. The minimum atomic E-state index is -4.73. The molecule has 0 fully saturated rings. The summed E-state index contributed by atoms with van der Waals surface area (Å²) in [6.45, 7) is 1.52. The number of aliphatic hydroxyl groups is 1. The lowest BCUT2D eigenvalue weighted by molar-refractivity contribution is -0.138. The highest BCUT2D eigenvalue weighted by Crippen LogP contribution is 2.46. The molecule has 0 radical (unpaired) electrons. The third-order valence-corrected chi connectivity index (χ3v) is 11.4. The molecule has 2 aliphatic heterocycles. The molecule has 4 aromatic carbocycles. The number of ether oxygens (including phenoxy) is 1. The van der Waals surface area contributed by atoms with Crippen molar-refractivity contribution in [2.45, 2.75) is 43.8 Å². The molecule has 342 valence electrons. The number of fused-ring (bicyclic) bond motifs is 8. The number of hydrogen-bond acceptors (Lipinski definition) is 4. The topological polar surface area (TPSA) is 86.8 Å². The number of aromatic nitrogens is 4. The average Bonchev–Trinajstić information content (AvgIpc) is 4.10. The van der Waals surface area contributed by atoms with Gasteiger partial charge in [-0.2, -0.15) is 52.7 Å². The van der Waals surface area contributed by atoms with E-state index < -0.39 is 52.7 Å². The first-order valence-corrected chi connectivity index (χ1v) is 20.1. The monoisotopic (exact) mass is 934 g/mol. The maximum atomic E-state index is 13.9. The normalized spacial score (nSPS) is 15.5. The zero-order chi connectivity index (χ0) is 47.8. The van der Waals surface area contributed by atoms with Crippen LogP contribution in [0.5, 0.6) is 5.88 Å².